The summed E-state index contributed by atoms with van der Waals surface area (Å²) in [6, 6.07) is 6.17. The molecule has 0 saturated carbocycles. The van der Waals surface area contributed by atoms with E-state index in [4.69, 9.17) is 0 Å². The third-order valence-corrected chi connectivity index (χ3v) is 3.17. The topological polar surface area (TPSA) is 42.3 Å². The molecule has 2 aromatic rings. The Morgan fingerprint density at radius 3 is 2.88 bits per heavy atom. The summed E-state index contributed by atoms with van der Waals surface area (Å²) >= 11 is 1.34. The Kier molecular flexibility index (Phi) is 2.95. The van der Waals surface area contributed by atoms with Crippen molar-refractivity contribution in [2.24, 2.45) is 4.99 Å². The van der Waals surface area contributed by atoms with Crippen LogP contribution in [0.5, 0.6) is 0 Å². The van der Waals surface area contributed by atoms with Crippen molar-refractivity contribution in [3.05, 3.63) is 35.5 Å². The quantitative estimate of drug-likeness (QED) is 0.586. The molecule has 2 rings (SSSR count). The Morgan fingerprint density at radius 2 is 2.19 bits per heavy atom. The number of carbonyl (C=O) groups excluding carboxylic acids is 1. The number of aliphatic imine (C=N–C) groups is 1. The third kappa shape index (κ3) is 1.94. The Balaban J connectivity index is 2.58. The molecule has 0 unspecified atom stereocenters. The van der Waals surface area contributed by atoms with Gasteiger partial charge in [-0.15, -0.1) is 0 Å². The Hall–Kier alpha value is -1.77. The molecule has 3 nitrogen and oxygen atoms in total. The molecule has 1 aromatic heterocycles. The maximum Gasteiger partial charge on any atom is 0.240 e. The summed E-state index contributed by atoms with van der Waals surface area (Å²) in [4.78, 5) is 14.8. The smallest absolute Gasteiger partial charge is 0.211 e. The van der Waals surface area contributed by atoms with Crippen LogP contribution in [-0.4, -0.2) is 10.5 Å². The van der Waals surface area contributed by atoms with Gasteiger partial charge in [-0.05, 0) is 36.5 Å². The summed E-state index contributed by atoms with van der Waals surface area (Å²) < 4.78 is 4.05. The molecule has 16 heavy (non-hydrogen) atoms. The number of aromatic nitrogens is 1. The zero-order valence-corrected chi connectivity index (χ0v) is 9.84. The first kappa shape index (κ1) is 10.7. The van der Waals surface area contributed by atoms with E-state index in [1.807, 2.05) is 26.0 Å². The number of isocyanates is 1. The first-order chi connectivity index (χ1) is 7.72. The van der Waals surface area contributed by atoms with Crippen molar-refractivity contribution in [1.82, 2.24) is 4.37 Å². The lowest BCUT2D eigenvalue weighted by molar-refractivity contribution is 0.565. The van der Waals surface area contributed by atoms with Gasteiger partial charge in [0.25, 0.3) is 0 Å². The molecule has 0 fully saturated rings. The van der Waals surface area contributed by atoms with Gasteiger partial charge in [0, 0.05) is 0 Å². The zero-order valence-electron chi connectivity index (χ0n) is 9.02. The lowest BCUT2D eigenvalue weighted by atomic mass is 10.0. The summed E-state index contributed by atoms with van der Waals surface area (Å²) in [5, 5.41) is 0. The van der Waals surface area contributed by atoms with Crippen LogP contribution in [0.15, 0.2) is 29.4 Å². The van der Waals surface area contributed by atoms with Crippen molar-refractivity contribution >= 4 is 23.3 Å². The van der Waals surface area contributed by atoms with Crippen LogP contribution in [0.2, 0.25) is 0 Å². The predicted octanol–water partition coefficient (Wildman–Crippen LogP) is 3.39. The van der Waals surface area contributed by atoms with Crippen molar-refractivity contribution in [2.75, 3.05) is 0 Å². The van der Waals surface area contributed by atoms with Crippen molar-refractivity contribution in [2.45, 2.75) is 13.8 Å². The molecule has 0 aliphatic heterocycles. The minimum Gasteiger partial charge on any atom is -0.211 e. The second-order valence-corrected chi connectivity index (χ2v) is 4.36. The van der Waals surface area contributed by atoms with Crippen molar-refractivity contribution in [3.63, 3.8) is 0 Å². The predicted molar refractivity (Wildman–Crippen MR) is 64.8 cm³/mol. The molecular formula is C12H10N2OS. The van der Waals surface area contributed by atoms with E-state index in [0.717, 1.165) is 16.0 Å². The molecule has 0 saturated heterocycles. The summed E-state index contributed by atoms with van der Waals surface area (Å²) in [7, 11) is 0. The molecule has 0 N–H and O–H groups in total. The minimum absolute atomic E-state index is 0.590. The van der Waals surface area contributed by atoms with Crippen LogP contribution in [0.25, 0.3) is 10.4 Å². The molecular weight excluding hydrogens is 220 g/mol. The molecule has 80 valence electrons. The maximum absolute atomic E-state index is 10.3. The largest absolute Gasteiger partial charge is 0.240 e. The van der Waals surface area contributed by atoms with Gasteiger partial charge < -0.3 is 0 Å². The van der Waals surface area contributed by atoms with Gasteiger partial charge in [0.1, 0.15) is 5.69 Å². The van der Waals surface area contributed by atoms with Crippen molar-refractivity contribution in [3.8, 4) is 10.4 Å². The van der Waals surface area contributed by atoms with E-state index >= 15 is 0 Å². The fourth-order valence-corrected chi connectivity index (χ4v) is 2.40. The normalized spacial score (nSPS) is 9.88. The highest BCUT2D eigenvalue weighted by Crippen LogP contribution is 2.35. The third-order valence-electron chi connectivity index (χ3n) is 2.34. The Bertz CT molecular complexity index is 568. The Morgan fingerprint density at radius 1 is 1.38 bits per heavy atom. The molecule has 0 aliphatic rings. The van der Waals surface area contributed by atoms with E-state index in [9.17, 15) is 4.79 Å². The molecule has 0 aliphatic carbocycles. The summed E-state index contributed by atoms with van der Waals surface area (Å²) in [5.74, 6) is 0. The molecule has 1 heterocycles. The van der Waals surface area contributed by atoms with Gasteiger partial charge in [-0.2, -0.15) is 9.37 Å². The van der Waals surface area contributed by atoms with E-state index in [1.54, 1.807) is 12.3 Å². The fourth-order valence-electron chi connectivity index (χ4n) is 1.62. The van der Waals surface area contributed by atoms with Crippen LogP contribution < -0.4 is 0 Å². The molecule has 1 aromatic carbocycles. The van der Waals surface area contributed by atoms with Gasteiger partial charge in [0.2, 0.25) is 6.08 Å². The van der Waals surface area contributed by atoms with Crippen LogP contribution in [-0.2, 0) is 4.79 Å². The zero-order chi connectivity index (χ0) is 11.5. The first-order valence-corrected chi connectivity index (χ1v) is 5.60. The average Bonchev–Trinajstić information content (AvgIpc) is 2.67. The van der Waals surface area contributed by atoms with E-state index in [0.29, 0.717) is 5.69 Å². The van der Waals surface area contributed by atoms with Gasteiger partial charge >= 0.3 is 0 Å². The number of hydrogen-bond donors (Lipinski definition) is 0. The lowest BCUT2D eigenvalue weighted by Crippen LogP contribution is -1.82. The van der Waals surface area contributed by atoms with Gasteiger partial charge in [-0.1, -0.05) is 23.8 Å². The summed E-state index contributed by atoms with van der Waals surface area (Å²) in [5.41, 5.74) is 4.03. The monoisotopic (exact) mass is 230 g/mol. The average molecular weight is 230 g/mol. The first-order valence-electron chi connectivity index (χ1n) is 4.82. The number of benzene rings is 1. The van der Waals surface area contributed by atoms with E-state index in [2.05, 4.69) is 15.4 Å². The van der Waals surface area contributed by atoms with E-state index in [-0.39, 0.29) is 0 Å². The lowest BCUT2D eigenvalue weighted by Gasteiger charge is -2.04. The maximum atomic E-state index is 10.3. The van der Waals surface area contributed by atoms with Gasteiger partial charge in [0.15, 0.2) is 0 Å². The summed E-state index contributed by atoms with van der Waals surface area (Å²) in [6.45, 7) is 4.09. The van der Waals surface area contributed by atoms with Gasteiger partial charge in [0.05, 0.1) is 11.1 Å². The number of hydrogen-bond acceptors (Lipinski definition) is 4. The number of aryl methyl sites for hydroxylation is 2. The highest BCUT2D eigenvalue weighted by atomic mass is 32.1. The van der Waals surface area contributed by atoms with Crippen molar-refractivity contribution in [1.29, 1.82) is 0 Å². The van der Waals surface area contributed by atoms with E-state index < -0.39 is 0 Å². The SMILES string of the molecule is Cc1ccc(-c2sncc2N=C=O)c(C)c1. The molecule has 0 amide bonds. The Labute approximate surface area is 97.6 Å². The minimum atomic E-state index is 0.590. The molecule has 0 radical (unpaired) electrons. The van der Waals surface area contributed by atoms with Crippen LogP contribution in [0.1, 0.15) is 11.1 Å². The van der Waals surface area contributed by atoms with E-state index in [1.165, 1.54) is 17.1 Å². The molecule has 0 atom stereocenters. The molecule has 0 spiro atoms. The van der Waals surface area contributed by atoms with Crippen LogP contribution >= 0.6 is 11.5 Å². The number of nitrogens with zero attached hydrogens (tertiary/aromatic N) is 2. The van der Waals surface area contributed by atoms with Gasteiger partial charge in [-0.3, -0.25) is 0 Å². The standard InChI is InChI=1S/C12H10N2OS/c1-8-3-4-10(9(2)5-8)12-11(13-7-15)6-14-16-12/h3-6H,1-2H3. The van der Waals surface area contributed by atoms with Crippen molar-refractivity contribution < 1.29 is 4.79 Å². The second-order valence-electron chi connectivity index (χ2n) is 3.56. The van der Waals surface area contributed by atoms with Crippen LogP contribution in [0.3, 0.4) is 0 Å². The molecule has 0 bridgehead atoms. The van der Waals surface area contributed by atoms with Crippen LogP contribution in [0, 0.1) is 13.8 Å². The second kappa shape index (κ2) is 4.39. The fraction of sp³-hybridized carbons (Fsp3) is 0.167. The highest BCUT2D eigenvalue weighted by molar-refractivity contribution is 7.10. The highest BCUT2D eigenvalue weighted by Gasteiger charge is 2.10. The molecule has 4 heteroatoms. The van der Waals surface area contributed by atoms with Gasteiger partial charge in [-0.25, -0.2) is 4.79 Å². The van der Waals surface area contributed by atoms with Crippen LogP contribution in [0.4, 0.5) is 5.69 Å². The number of rotatable bonds is 2. The summed E-state index contributed by atoms with van der Waals surface area (Å²) in [6.07, 6.45) is 3.14.